The fourth-order valence-corrected chi connectivity index (χ4v) is 3.28. The molecule has 0 bridgehead atoms. The van der Waals surface area contributed by atoms with E-state index in [1.165, 1.54) is 0 Å². The normalized spacial score (nSPS) is 12.3. The number of likely N-dealkylation sites (N-methyl/N-ethyl adjacent to an activating group) is 1. The summed E-state index contributed by atoms with van der Waals surface area (Å²) in [6.07, 6.45) is 0.837. The molecule has 2 amide bonds. The summed E-state index contributed by atoms with van der Waals surface area (Å²) in [5.41, 5.74) is 4.63. The highest BCUT2D eigenvalue weighted by molar-refractivity contribution is 5.92. The van der Waals surface area contributed by atoms with E-state index in [1.807, 2.05) is 49.6 Å². The first-order chi connectivity index (χ1) is 12.9. The molecule has 0 saturated heterocycles. The Labute approximate surface area is 158 Å². The molecule has 3 aromatic rings. The van der Waals surface area contributed by atoms with Gasteiger partial charge in [0.15, 0.2) is 5.65 Å². The SMILES string of the molecule is CCNC(=O)C(C)NC(=O)CCc1c(C)nc2c3ccccc3nn2c1C. The molecule has 142 valence electrons. The molecule has 2 heterocycles. The summed E-state index contributed by atoms with van der Waals surface area (Å²) in [7, 11) is 0. The second-order valence-corrected chi connectivity index (χ2v) is 6.70. The van der Waals surface area contributed by atoms with Crippen molar-refractivity contribution >= 4 is 28.4 Å². The number of fused-ring (bicyclic) bond motifs is 3. The van der Waals surface area contributed by atoms with E-state index in [2.05, 4.69) is 15.7 Å². The van der Waals surface area contributed by atoms with Crippen molar-refractivity contribution in [2.24, 2.45) is 0 Å². The molecule has 27 heavy (non-hydrogen) atoms. The lowest BCUT2D eigenvalue weighted by atomic mass is 10.1. The molecule has 2 N–H and O–H groups in total. The number of hydrogen-bond donors (Lipinski definition) is 2. The summed E-state index contributed by atoms with van der Waals surface area (Å²) in [5, 5.41) is 11.1. The molecular weight excluding hydrogens is 342 g/mol. The molecule has 0 aliphatic heterocycles. The zero-order valence-electron chi connectivity index (χ0n) is 16.2. The van der Waals surface area contributed by atoms with Crippen molar-refractivity contribution in [1.82, 2.24) is 25.2 Å². The Balaban J connectivity index is 1.78. The molecule has 7 nitrogen and oxygen atoms in total. The Morgan fingerprint density at radius 2 is 1.96 bits per heavy atom. The van der Waals surface area contributed by atoms with Crippen LogP contribution in [0.2, 0.25) is 0 Å². The van der Waals surface area contributed by atoms with Crippen molar-refractivity contribution in [1.29, 1.82) is 0 Å². The average molecular weight is 367 g/mol. The Morgan fingerprint density at radius 3 is 2.70 bits per heavy atom. The van der Waals surface area contributed by atoms with E-state index < -0.39 is 6.04 Å². The standard InChI is InChI=1S/C20H25N5O2/c1-5-21-20(27)13(3)22-18(26)11-10-15-12(2)23-19-16-8-6-7-9-17(16)24-25(19)14(15)4/h6-9,13H,5,10-11H2,1-4H3,(H,21,27)(H,22,26). The Bertz CT molecular complexity index is 1010. The fraction of sp³-hybridized carbons (Fsp3) is 0.400. The van der Waals surface area contributed by atoms with E-state index >= 15 is 0 Å². The van der Waals surface area contributed by atoms with Crippen LogP contribution in [-0.2, 0) is 16.0 Å². The number of aryl methyl sites for hydroxylation is 2. The minimum Gasteiger partial charge on any atom is -0.355 e. The molecule has 0 fully saturated rings. The number of rotatable bonds is 6. The number of hydrogen-bond acceptors (Lipinski definition) is 4. The van der Waals surface area contributed by atoms with E-state index in [-0.39, 0.29) is 11.8 Å². The van der Waals surface area contributed by atoms with Gasteiger partial charge in [-0.15, -0.1) is 0 Å². The van der Waals surface area contributed by atoms with Gasteiger partial charge in [-0.05, 0) is 51.8 Å². The van der Waals surface area contributed by atoms with Crippen molar-refractivity contribution in [3.8, 4) is 0 Å². The van der Waals surface area contributed by atoms with Crippen LogP contribution in [0.1, 0.15) is 37.2 Å². The van der Waals surface area contributed by atoms with Gasteiger partial charge in [-0.3, -0.25) is 9.59 Å². The molecule has 3 rings (SSSR count). The van der Waals surface area contributed by atoms with Gasteiger partial charge in [-0.1, -0.05) is 12.1 Å². The van der Waals surface area contributed by atoms with E-state index in [9.17, 15) is 9.59 Å². The second-order valence-electron chi connectivity index (χ2n) is 6.70. The summed E-state index contributed by atoms with van der Waals surface area (Å²) in [5.74, 6) is -0.331. The summed E-state index contributed by atoms with van der Waals surface area (Å²) in [4.78, 5) is 28.7. The summed E-state index contributed by atoms with van der Waals surface area (Å²) >= 11 is 0. The van der Waals surface area contributed by atoms with Gasteiger partial charge in [0.25, 0.3) is 0 Å². The molecule has 0 saturated carbocycles. The van der Waals surface area contributed by atoms with Crippen molar-refractivity contribution in [3.63, 3.8) is 0 Å². The van der Waals surface area contributed by atoms with Crippen molar-refractivity contribution in [3.05, 3.63) is 41.2 Å². The van der Waals surface area contributed by atoms with Crippen LogP contribution < -0.4 is 10.6 Å². The fourth-order valence-electron chi connectivity index (χ4n) is 3.28. The Hall–Kier alpha value is -2.96. The number of nitrogens with zero attached hydrogens (tertiary/aromatic N) is 3. The summed E-state index contributed by atoms with van der Waals surface area (Å²) in [6, 6.07) is 7.37. The number of nitrogens with one attached hydrogen (secondary N) is 2. The maximum Gasteiger partial charge on any atom is 0.242 e. The van der Waals surface area contributed by atoms with Gasteiger partial charge >= 0.3 is 0 Å². The third kappa shape index (κ3) is 3.77. The van der Waals surface area contributed by atoms with Crippen LogP contribution in [0.5, 0.6) is 0 Å². The zero-order valence-corrected chi connectivity index (χ0v) is 16.2. The molecule has 0 spiro atoms. The lowest BCUT2D eigenvalue weighted by molar-refractivity contribution is -0.128. The summed E-state index contributed by atoms with van der Waals surface area (Å²) in [6.45, 7) is 8.03. The van der Waals surface area contributed by atoms with Gasteiger partial charge in [0.2, 0.25) is 11.8 Å². The van der Waals surface area contributed by atoms with Crippen LogP contribution in [0.25, 0.3) is 16.6 Å². The monoisotopic (exact) mass is 367 g/mol. The maximum atomic E-state index is 12.2. The second kappa shape index (κ2) is 7.73. The average Bonchev–Trinajstić information content (AvgIpc) is 3.00. The Kier molecular flexibility index (Phi) is 5.39. The van der Waals surface area contributed by atoms with Gasteiger partial charge in [0.1, 0.15) is 6.04 Å². The van der Waals surface area contributed by atoms with Crippen LogP contribution in [0.3, 0.4) is 0 Å². The van der Waals surface area contributed by atoms with Crippen LogP contribution in [0.4, 0.5) is 0 Å². The minimum absolute atomic E-state index is 0.154. The number of amides is 2. The first-order valence-corrected chi connectivity index (χ1v) is 9.23. The van der Waals surface area contributed by atoms with Crippen LogP contribution >= 0.6 is 0 Å². The molecule has 1 aromatic carbocycles. The Morgan fingerprint density at radius 1 is 1.22 bits per heavy atom. The first-order valence-electron chi connectivity index (χ1n) is 9.23. The largest absolute Gasteiger partial charge is 0.355 e. The van der Waals surface area contributed by atoms with Crippen LogP contribution in [-0.4, -0.2) is 39.0 Å². The smallest absolute Gasteiger partial charge is 0.242 e. The number of benzene rings is 1. The molecular formula is C20H25N5O2. The molecule has 0 radical (unpaired) electrons. The predicted octanol–water partition coefficient (Wildman–Crippen LogP) is 2.07. The van der Waals surface area contributed by atoms with Crippen LogP contribution in [0.15, 0.2) is 24.3 Å². The van der Waals surface area contributed by atoms with E-state index in [0.717, 1.165) is 33.5 Å². The first kappa shape index (κ1) is 18.8. The highest BCUT2D eigenvalue weighted by Gasteiger charge is 2.17. The minimum atomic E-state index is -0.545. The van der Waals surface area contributed by atoms with Crippen molar-refractivity contribution in [2.75, 3.05) is 6.54 Å². The molecule has 0 aliphatic rings. The van der Waals surface area contributed by atoms with Crippen molar-refractivity contribution < 1.29 is 9.59 Å². The van der Waals surface area contributed by atoms with Crippen LogP contribution in [0, 0.1) is 13.8 Å². The van der Waals surface area contributed by atoms with Gasteiger partial charge in [-0.25, -0.2) is 9.50 Å². The van der Waals surface area contributed by atoms with Gasteiger partial charge < -0.3 is 10.6 Å². The number of aromatic nitrogens is 3. The lowest BCUT2D eigenvalue weighted by Crippen LogP contribution is -2.44. The van der Waals surface area contributed by atoms with E-state index in [1.54, 1.807) is 6.92 Å². The molecule has 1 atom stereocenters. The summed E-state index contributed by atoms with van der Waals surface area (Å²) < 4.78 is 1.85. The van der Waals surface area contributed by atoms with E-state index in [0.29, 0.717) is 19.4 Å². The van der Waals surface area contributed by atoms with E-state index in [4.69, 9.17) is 4.98 Å². The topological polar surface area (TPSA) is 88.4 Å². The molecule has 2 aromatic heterocycles. The highest BCUT2D eigenvalue weighted by Crippen LogP contribution is 2.22. The predicted molar refractivity (Wildman–Crippen MR) is 105 cm³/mol. The number of carbonyl (C=O) groups is 2. The van der Waals surface area contributed by atoms with Crippen molar-refractivity contribution in [2.45, 2.75) is 46.6 Å². The van der Waals surface area contributed by atoms with Gasteiger partial charge in [-0.2, -0.15) is 5.10 Å². The number of carbonyl (C=O) groups excluding carboxylic acids is 2. The van der Waals surface area contributed by atoms with Gasteiger partial charge in [0, 0.05) is 29.7 Å². The molecule has 0 aliphatic carbocycles. The van der Waals surface area contributed by atoms with Gasteiger partial charge in [0.05, 0.1) is 5.52 Å². The lowest BCUT2D eigenvalue weighted by Gasteiger charge is -2.14. The highest BCUT2D eigenvalue weighted by atomic mass is 16.2. The quantitative estimate of drug-likeness (QED) is 0.698. The molecule has 1 unspecified atom stereocenters. The third-order valence-corrected chi connectivity index (χ3v) is 4.74. The maximum absolute atomic E-state index is 12.2. The third-order valence-electron chi connectivity index (χ3n) is 4.74. The zero-order chi connectivity index (χ0) is 19.6. The molecule has 7 heteroatoms.